The Morgan fingerprint density at radius 1 is 1.18 bits per heavy atom. The summed E-state index contributed by atoms with van der Waals surface area (Å²) in [4.78, 5) is 2.46. The average Bonchev–Trinajstić information content (AvgIpc) is 2.67. The van der Waals surface area contributed by atoms with Gasteiger partial charge in [-0.2, -0.15) is 0 Å². The summed E-state index contributed by atoms with van der Waals surface area (Å²) in [5.74, 6) is 0.301. The van der Waals surface area contributed by atoms with Crippen molar-refractivity contribution in [3.05, 3.63) is 0 Å². The van der Waals surface area contributed by atoms with E-state index in [1.54, 1.807) is 0 Å². The van der Waals surface area contributed by atoms with Crippen LogP contribution in [0.2, 0.25) is 0 Å². The minimum Gasteiger partial charge on any atom is -0.391 e. The Bertz CT molecular complexity index is 311. The summed E-state index contributed by atoms with van der Waals surface area (Å²) < 4.78 is 6.35. The number of hydrogen-bond donors (Lipinski definition) is 1. The van der Waals surface area contributed by atoms with Gasteiger partial charge in [-0.05, 0) is 59.5 Å². The molecule has 0 aromatic carbocycles. The first-order valence-corrected chi connectivity index (χ1v) is 7.06. The molecule has 2 bridgehead atoms. The second-order valence-corrected chi connectivity index (χ2v) is 6.84. The third-order valence-electron chi connectivity index (χ3n) is 5.24. The molecule has 0 aromatic heterocycles. The fourth-order valence-electron chi connectivity index (χ4n) is 4.51. The maximum Gasteiger partial charge on any atom is 0.0841 e. The van der Waals surface area contributed by atoms with Crippen LogP contribution < -0.4 is 0 Å². The summed E-state index contributed by atoms with van der Waals surface area (Å²) in [6.45, 7) is 8.75. The minimum absolute atomic E-state index is 0.151. The predicted octanol–water partition coefficient (Wildman–Crippen LogP) is 1.79. The summed E-state index contributed by atoms with van der Waals surface area (Å²) in [6, 6.07) is 0.219. The fraction of sp³-hybridized carbons (Fsp3) is 1.00. The average molecular weight is 239 g/mol. The number of rotatable bonds is 1. The van der Waals surface area contributed by atoms with E-state index in [1.807, 2.05) is 0 Å². The summed E-state index contributed by atoms with van der Waals surface area (Å²) in [5, 5.41) is 10.7. The first kappa shape index (κ1) is 11.9. The van der Waals surface area contributed by atoms with Crippen LogP contribution >= 0.6 is 0 Å². The van der Waals surface area contributed by atoms with E-state index in [-0.39, 0.29) is 23.3 Å². The number of hydrogen-bond acceptors (Lipinski definition) is 3. The van der Waals surface area contributed by atoms with Crippen LogP contribution in [0.3, 0.4) is 0 Å². The molecule has 1 saturated carbocycles. The van der Waals surface area contributed by atoms with E-state index >= 15 is 0 Å². The smallest absolute Gasteiger partial charge is 0.0841 e. The molecular formula is C14H25NO2. The van der Waals surface area contributed by atoms with Crippen molar-refractivity contribution in [3.63, 3.8) is 0 Å². The highest BCUT2D eigenvalue weighted by Gasteiger charge is 2.60. The molecule has 3 saturated heterocycles. The zero-order chi connectivity index (χ0) is 12.3. The Kier molecular flexibility index (Phi) is 2.59. The summed E-state index contributed by atoms with van der Waals surface area (Å²) in [5.41, 5.74) is -0.315. The van der Waals surface area contributed by atoms with Gasteiger partial charge in [0.1, 0.15) is 0 Å². The van der Waals surface area contributed by atoms with E-state index in [2.05, 4.69) is 25.7 Å². The standard InChI is InChI=1S/C14H25NO2/c1-13(2)10-6-7-14(3,17-13)12(11(10)16)15-8-4-5-9-15/h10-12,16H,4-9H2,1-3H3/t10-,11-,12-,14+/m1/s1. The van der Waals surface area contributed by atoms with Crippen molar-refractivity contribution in [2.75, 3.05) is 13.1 Å². The van der Waals surface area contributed by atoms with Crippen LogP contribution in [0.15, 0.2) is 0 Å². The maximum atomic E-state index is 10.7. The van der Waals surface area contributed by atoms with Crippen molar-refractivity contribution in [3.8, 4) is 0 Å². The highest BCUT2D eigenvalue weighted by atomic mass is 16.5. The SMILES string of the molecule is CC1(C)O[C@@]2(C)CC[C@@H]1[C@@H](O)[C@H]2N1CCCC1. The summed E-state index contributed by atoms with van der Waals surface area (Å²) >= 11 is 0. The zero-order valence-electron chi connectivity index (χ0n) is 11.3. The molecule has 17 heavy (non-hydrogen) atoms. The molecule has 4 fully saturated rings. The zero-order valence-corrected chi connectivity index (χ0v) is 11.3. The van der Waals surface area contributed by atoms with Gasteiger partial charge in [-0.1, -0.05) is 0 Å². The topological polar surface area (TPSA) is 32.7 Å². The molecule has 3 nitrogen and oxygen atoms in total. The molecule has 4 aliphatic rings. The van der Waals surface area contributed by atoms with E-state index in [0.717, 1.165) is 25.9 Å². The number of ether oxygens (including phenoxy) is 1. The van der Waals surface area contributed by atoms with Crippen molar-refractivity contribution in [2.45, 2.75) is 69.8 Å². The summed E-state index contributed by atoms with van der Waals surface area (Å²) in [6.07, 6.45) is 4.53. The normalized spacial score (nSPS) is 49.8. The minimum atomic E-state index is -0.212. The molecule has 1 N–H and O–H groups in total. The molecule has 4 rings (SSSR count). The van der Waals surface area contributed by atoms with E-state index in [4.69, 9.17) is 4.74 Å². The predicted molar refractivity (Wildman–Crippen MR) is 66.9 cm³/mol. The molecule has 0 unspecified atom stereocenters. The van der Waals surface area contributed by atoms with E-state index in [0.29, 0.717) is 5.92 Å². The number of likely N-dealkylation sites (tertiary alicyclic amines) is 1. The number of nitrogens with zero attached hydrogens (tertiary/aromatic N) is 1. The van der Waals surface area contributed by atoms with Crippen LogP contribution in [0.4, 0.5) is 0 Å². The van der Waals surface area contributed by atoms with Crippen molar-refractivity contribution >= 4 is 0 Å². The number of aliphatic hydroxyl groups is 1. The lowest BCUT2D eigenvalue weighted by Crippen LogP contribution is -2.72. The quantitative estimate of drug-likeness (QED) is 0.757. The third kappa shape index (κ3) is 1.66. The highest BCUT2D eigenvalue weighted by Crippen LogP contribution is 2.51. The van der Waals surface area contributed by atoms with Crippen LogP contribution in [0.5, 0.6) is 0 Å². The van der Waals surface area contributed by atoms with Crippen molar-refractivity contribution in [1.29, 1.82) is 0 Å². The number of aliphatic hydroxyl groups excluding tert-OH is 1. The van der Waals surface area contributed by atoms with Gasteiger partial charge in [0.25, 0.3) is 0 Å². The van der Waals surface area contributed by atoms with Gasteiger partial charge in [-0.15, -0.1) is 0 Å². The van der Waals surface area contributed by atoms with Crippen molar-refractivity contribution in [2.24, 2.45) is 5.92 Å². The molecule has 0 aromatic rings. The Labute approximate surface area is 104 Å². The van der Waals surface area contributed by atoms with Gasteiger partial charge in [0.05, 0.1) is 23.3 Å². The van der Waals surface area contributed by atoms with Gasteiger partial charge in [0.2, 0.25) is 0 Å². The molecular weight excluding hydrogens is 214 g/mol. The molecule has 0 radical (unpaired) electrons. The fourth-order valence-corrected chi connectivity index (χ4v) is 4.51. The van der Waals surface area contributed by atoms with E-state index in [1.165, 1.54) is 12.8 Å². The van der Waals surface area contributed by atoms with Gasteiger partial charge >= 0.3 is 0 Å². The van der Waals surface area contributed by atoms with Gasteiger partial charge in [0, 0.05) is 5.92 Å². The van der Waals surface area contributed by atoms with Crippen LogP contribution in [-0.4, -0.2) is 46.4 Å². The lowest BCUT2D eigenvalue weighted by Gasteiger charge is -2.61. The lowest BCUT2D eigenvalue weighted by molar-refractivity contribution is -0.294. The maximum absolute atomic E-state index is 10.7. The molecule has 98 valence electrons. The number of fused-ring (bicyclic) bond motifs is 3. The second kappa shape index (κ2) is 3.69. The largest absolute Gasteiger partial charge is 0.391 e. The molecule has 3 heteroatoms. The first-order chi connectivity index (χ1) is 7.94. The third-order valence-corrected chi connectivity index (χ3v) is 5.24. The van der Waals surface area contributed by atoms with Crippen LogP contribution in [-0.2, 0) is 4.74 Å². The monoisotopic (exact) mass is 239 g/mol. The molecule has 4 atom stereocenters. The molecule has 3 heterocycles. The first-order valence-electron chi connectivity index (χ1n) is 7.06. The Morgan fingerprint density at radius 2 is 1.82 bits per heavy atom. The van der Waals surface area contributed by atoms with E-state index in [9.17, 15) is 5.11 Å². The molecule has 0 spiro atoms. The van der Waals surface area contributed by atoms with Crippen LogP contribution in [0, 0.1) is 5.92 Å². The van der Waals surface area contributed by atoms with Crippen molar-refractivity contribution < 1.29 is 9.84 Å². The highest BCUT2D eigenvalue weighted by molar-refractivity contribution is 5.11. The van der Waals surface area contributed by atoms with Crippen LogP contribution in [0.25, 0.3) is 0 Å². The summed E-state index contributed by atoms with van der Waals surface area (Å²) in [7, 11) is 0. The molecule has 1 aliphatic carbocycles. The molecule has 0 amide bonds. The van der Waals surface area contributed by atoms with E-state index < -0.39 is 0 Å². The van der Waals surface area contributed by atoms with Gasteiger partial charge in [0.15, 0.2) is 0 Å². The Hall–Kier alpha value is -0.120. The van der Waals surface area contributed by atoms with Crippen LogP contribution in [0.1, 0.15) is 46.5 Å². The molecule has 3 aliphatic heterocycles. The Morgan fingerprint density at radius 3 is 2.35 bits per heavy atom. The lowest BCUT2D eigenvalue weighted by atomic mass is 9.64. The second-order valence-electron chi connectivity index (χ2n) is 6.84. The van der Waals surface area contributed by atoms with Crippen molar-refractivity contribution in [1.82, 2.24) is 4.90 Å². The van der Waals surface area contributed by atoms with Gasteiger partial charge < -0.3 is 9.84 Å². The van der Waals surface area contributed by atoms with Gasteiger partial charge in [-0.3, -0.25) is 4.90 Å². The Balaban J connectivity index is 1.90. The van der Waals surface area contributed by atoms with Gasteiger partial charge in [-0.25, -0.2) is 0 Å².